The van der Waals surface area contributed by atoms with Gasteiger partial charge in [0, 0.05) is 42.9 Å². The fraction of sp³-hybridized carbons (Fsp3) is 0.421. The van der Waals surface area contributed by atoms with Crippen LogP contribution in [0.5, 0.6) is 0 Å². The average molecular weight is 371 g/mol. The fourth-order valence-electron chi connectivity index (χ4n) is 4.17. The van der Waals surface area contributed by atoms with Gasteiger partial charge in [0.1, 0.15) is 12.4 Å². The summed E-state index contributed by atoms with van der Waals surface area (Å²) in [4.78, 5) is 36.9. The summed E-state index contributed by atoms with van der Waals surface area (Å²) < 4.78 is 12.2. The Kier molecular flexibility index (Phi) is 4.57. The zero-order valence-corrected chi connectivity index (χ0v) is 14.6. The third kappa shape index (κ3) is 3.40. The number of aliphatic carboxylic acids is 1. The van der Waals surface area contributed by atoms with E-state index < -0.39 is 12.6 Å². The number of amides is 1. The smallest absolute Gasteiger partial charge is 0.250 e. The minimum atomic E-state index is -1.35. The number of rotatable bonds is 5. The van der Waals surface area contributed by atoms with Gasteiger partial charge in [-0.2, -0.15) is 0 Å². The molecule has 0 spiro atoms. The van der Waals surface area contributed by atoms with Gasteiger partial charge in [-0.15, -0.1) is 0 Å². The van der Waals surface area contributed by atoms with E-state index in [9.17, 15) is 19.5 Å². The van der Waals surface area contributed by atoms with Crippen LogP contribution in [0.25, 0.3) is 11.3 Å². The van der Waals surface area contributed by atoms with Crippen LogP contribution in [0, 0.1) is 5.92 Å². The van der Waals surface area contributed by atoms with Crippen molar-refractivity contribution in [2.75, 3.05) is 26.3 Å². The number of nitrogens with zero attached hydrogens (tertiary/aromatic N) is 2. The van der Waals surface area contributed by atoms with Crippen molar-refractivity contribution in [3.8, 4) is 11.3 Å². The minimum absolute atomic E-state index is 0.0107. The van der Waals surface area contributed by atoms with Crippen LogP contribution in [0.3, 0.4) is 0 Å². The van der Waals surface area contributed by atoms with Crippen molar-refractivity contribution in [1.82, 2.24) is 9.47 Å². The highest BCUT2D eigenvalue weighted by molar-refractivity contribution is 5.78. The van der Waals surface area contributed by atoms with E-state index in [1.807, 2.05) is 6.07 Å². The number of carboxylic acids is 1. The lowest BCUT2D eigenvalue weighted by Gasteiger charge is -2.43. The quantitative estimate of drug-likeness (QED) is 0.722. The molecule has 27 heavy (non-hydrogen) atoms. The first kappa shape index (κ1) is 17.5. The van der Waals surface area contributed by atoms with Crippen molar-refractivity contribution in [2.24, 2.45) is 5.92 Å². The zero-order valence-electron chi connectivity index (χ0n) is 14.6. The summed E-state index contributed by atoms with van der Waals surface area (Å²) in [5.41, 5.74) is 1.71. The van der Waals surface area contributed by atoms with E-state index in [0.29, 0.717) is 25.4 Å². The molecular formula is C19H19N2O6-. The molecular weight excluding hydrogens is 352 g/mol. The summed E-state index contributed by atoms with van der Waals surface area (Å²) in [7, 11) is 0. The lowest BCUT2D eigenvalue weighted by molar-refractivity contribution is -0.309. The molecule has 8 heteroatoms. The van der Waals surface area contributed by atoms with Crippen LogP contribution in [0.2, 0.25) is 0 Å². The van der Waals surface area contributed by atoms with Crippen molar-refractivity contribution in [1.29, 1.82) is 0 Å². The number of hydrogen-bond donors (Lipinski definition) is 0. The molecule has 2 aromatic rings. The molecule has 2 aliphatic rings. The van der Waals surface area contributed by atoms with E-state index >= 15 is 0 Å². The Morgan fingerprint density at radius 3 is 2.78 bits per heavy atom. The third-order valence-electron chi connectivity index (χ3n) is 5.17. The van der Waals surface area contributed by atoms with Gasteiger partial charge < -0.3 is 28.5 Å². The van der Waals surface area contributed by atoms with E-state index in [2.05, 4.69) is 0 Å². The standard InChI is InChI=1S/C19H20N2O6/c22-16-4-3-14(15-2-1-5-27-15)19-13-6-12(8-21(16)19)7-20(9-13)17(23)10-26-11-18(24)25/h1-5,12-13H,6-11H2,(H,24,25)/p-1/t12-,13+/m0/s1. The SMILES string of the molecule is O=C([O-])COCC(=O)N1C[C@@H]2C[C@H](C1)c1c(-c3ccco3)ccc(=O)n1C2. The van der Waals surface area contributed by atoms with Gasteiger partial charge in [-0.25, -0.2) is 0 Å². The number of carboxylic acid groups (broad SMARTS) is 1. The van der Waals surface area contributed by atoms with E-state index in [-0.39, 0.29) is 29.9 Å². The van der Waals surface area contributed by atoms with Crippen LogP contribution in [0.4, 0.5) is 0 Å². The maximum absolute atomic E-state index is 12.4. The van der Waals surface area contributed by atoms with Crippen LogP contribution in [0.15, 0.2) is 39.7 Å². The van der Waals surface area contributed by atoms with Gasteiger partial charge in [0.15, 0.2) is 0 Å². The summed E-state index contributed by atoms with van der Waals surface area (Å²) in [6.07, 6.45) is 2.48. The summed E-state index contributed by atoms with van der Waals surface area (Å²) in [6, 6.07) is 6.98. The molecule has 2 aliphatic heterocycles. The zero-order chi connectivity index (χ0) is 19.0. The van der Waals surface area contributed by atoms with E-state index in [0.717, 1.165) is 17.7 Å². The summed E-state index contributed by atoms with van der Waals surface area (Å²) >= 11 is 0. The number of ether oxygens (including phenoxy) is 1. The molecule has 0 aromatic carbocycles. The highest BCUT2D eigenvalue weighted by atomic mass is 16.5. The Labute approximate surface area is 155 Å². The van der Waals surface area contributed by atoms with Gasteiger partial charge in [0.2, 0.25) is 5.91 Å². The first-order valence-electron chi connectivity index (χ1n) is 8.86. The predicted molar refractivity (Wildman–Crippen MR) is 91.7 cm³/mol. The van der Waals surface area contributed by atoms with Crippen LogP contribution >= 0.6 is 0 Å². The second-order valence-electron chi connectivity index (χ2n) is 7.02. The molecule has 1 amide bonds. The number of carbonyl (C=O) groups excluding carboxylic acids is 2. The van der Waals surface area contributed by atoms with Crippen molar-refractivity contribution in [3.05, 3.63) is 46.6 Å². The number of pyridine rings is 1. The van der Waals surface area contributed by atoms with Crippen LogP contribution in [0.1, 0.15) is 18.0 Å². The lowest BCUT2D eigenvalue weighted by Crippen LogP contribution is -2.50. The van der Waals surface area contributed by atoms with E-state index in [4.69, 9.17) is 9.15 Å². The second-order valence-corrected chi connectivity index (χ2v) is 7.02. The van der Waals surface area contributed by atoms with Crippen LogP contribution in [-0.2, 0) is 20.9 Å². The molecule has 4 rings (SSSR count). The first-order valence-corrected chi connectivity index (χ1v) is 8.86. The maximum atomic E-state index is 12.4. The van der Waals surface area contributed by atoms with Gasteiger partial charge in [0.05, 0.1) is 18.8 Å². The highest BCUT2D eigenvalue weighted by Gasteiger charge is 2.38. The maximum Gasteiger partial charge on any atom is 0.250 e. The number of piperidine rings is 1. The monoisotopic (exact) mass is 371 g/mol. The molecule has 2 bridgehead atoms. The normalized spacial score (nSPS) is 21.0. The minimum Gasteiger partial charge on any atom is -0.548 e. The fourth-order valence-corrected chi connectivity index (χ4v) is 4.17. The Morgan fingerprint density at radius 1 is 1.19 bits per heavy atom. The van der Waals surface area contributed by atoms with Crippen molar-refractivity contribution in [3.63, 3.8) is 0 Å². The molecule has 0 radical (unpaired) electrons. The van der Waals surface area contributed by atoms with Crippen molar-refractivity contribution < 1.29 is 23.8 Å². The van der Waals surface area contributed by atoms with Crippen LogP contribution < -0.4 is 10.7 Å². The molecule has 0 N–H and O–H groups in total. The molecule has 1 saturated heterocycles. The largest absolute Gasteiger partial charge is 0.548 e. The predicted octanol–water partition coefficient (Wildman–Crippen LogP) is -0.179. The number of aromatic nitrogens is 1. The summed E-state index contributed by atoms with van der Waals surface area (Å²) in [5, 5.41) is 10.4. The van der Waals surface area contributed by atoms with Crippen molar-refractivity contribution in [2.45, 2.75) is 18.9 Å². The molecule has 0 saturated carbocycles. The van der Waals surface area contributed by atoms with Gasteiger partial charge in [0.25, 0.3) is 5.56 Å². The highest BCUT2D eigenvalue weighted by Crippen LogP contribution is 2.39. The number of furan rings is 1. The molecule has 0 unspecified atom stereocenters. The lowest BCUT2D eigenvalue weighted by atomic mass is 9.81. The Balaban J connectivity index is 1.60. The number of carbonyl (C=O) groups is 2. The van der Waals surface area contributed by atoms with E-state index in [1.165, 1.54) is 0 Å². The Morgan fingerprint density at radius 2 is 2.04 bits per heavy atom. The van der Waals surface area contributed by atoms with Gasteiger partial charge >= 0.3 is 0 Å². The molecule has 2 atom stereocenters. The topological polar surface area (TPSA) is 105 Å². The third-order valence-corrected chi connectivity index (χ3v) is 5.17. The average Bonchev–Trinajstić information content (AvgIpc) is 3.16. The van der Waals surface area contributed by atoms with Gasteiger partial charge in [-0.05, 0) is 30.5 Å². The molecule has 142 valence electrons. The number of hydrogen-bond acceptors (Lipinski definition) is 6. The number of likely N-dealkylation sites (tertiary alicyclic amines) is 1. The van der Waals surface area contributed by atoms with E-state index in [1.54, 1.807) is 33.9 Å². The Bertz CT molecular complexity index is 917. The van der Waals surface area contributed by atoms with Gasteiger partial charge in [-0.3, -0.25) is 9.59 Å². The molecule has 1 fully saturated rings. The molecule has 2 aromatic heterocycles. The van der Waals surface area contributed by atoms with Crippen LogP contribution in [-0.4, -0.2) is 47.6 Å². The van der Waals surface area contributed by atoms with Gasteiger partial charge in [-0.1, -0.05) is 0 Å². The molecule has 0 aliphatic carbocycles. The summed E-state index contributed by atoms with van der Waals surface area (Å²) in [6.45, 7) is 0.637. The Hall–Kier alpha value is -2.87. The summed E-state index contributed by atoms with van der Waals surface area (Å²) in [5.74, 6) is -0.729. The molecule has 4 heterocycles. The second kappa shape index (κ2) is 7.03. The molecule has 8 nitrogen and oxygen atoms in total. The number of fused-ring (bicyclic) bond motifs is 4. The first-order chi connectivity index (χ1) is 13.0. The van der Waals surface area contributed by atoms with Crippen molar-refractivity contribution >= 4 is 11.9 Å².